The number of Topliss-reactive ketones (excluding diaryl/α,β-unsaturated/α-hetero) is 1. The van der Waals surface area contributed by atoms with E-state index in [2.05, 4.69) is 59.4 Å². The Labute approximate surface area is 145 Å². The van der Waals surface area contributed by atoms with Crippen LogP contribution in [0.25, 0.3) is 11.1 Å². The van der Waals surface area contributed by atoms with Crippen LogP contribution >= 0.6 is 11.8 Å². The largest absolute Gasteiger partial charge is 0.298 e. The van der Waals surface area contributed by atoms with Gasteiger partial charge >= 0.3 is 0 Å². The van der Waals surface area contributed by atoms with Crippen molar-refractivity contribution in [2.75, 3.05) is 5.75 Å². The molecule has 24 heavy (non-hydrogen) atoms. The number of rotatable bonds is 6. The first-order valence-electron chi connectivity index (χ1n) is 7.79. The smallest absolute Gasteiger partial charge is 0.183 e. The molecule has 0 saturated carbocycles. The van der Waals surface area contributed by atoms with Gasteiger partial charge in [0.05, 0.1) is 5.75 Å². The van der Waals surface area contributed by atoms with Crippen LogP contribution in [0.4, 0.5) is 0 Å². The Morgan fingerprint density at radius 2 is 1.79 bits per heavy atom. The predicted octanol–water partition coefficient (Wildman–Crippen LogP) is 3.99. The minimum Gasteiger partial charge on any atom is -0.298 e. The maximum atomic E-state index is 12.1. The lowest BCUT2D eigenvalue weighted by Crippen LogP contribution is -2.05. The third-order valence-corrected chi connectivity index (χ3v) is 4.82. The lowest BCUT2D eigenvalue weighted by molar-refractivity contribution is -0.116. The van der Waals surface area contributed by atoms with Crippen LogP contribution in [0.5, 0.6) is 0 Å². The number of hydrogen-bond acceptors (Lipinski definition) is 4. The van der Waals surface area contributed by atoms with Gasteiger partial charge in [-0.2, -0.15) is 5.10 Å². The van der Waals surface area contributed by atoms with Crippen LogP contribution in [0.2, 0.25) is 0 Å². The molecule has 0 aliphatic carbocycles. The Hall–Kier alpha value is -2.40. The Bertz CT molecular complexity index is 806. The summed E-state index contributed by atoms with van der Waals surface area (Å²) >= 11 is 1.38. The Morgan fingerprint density at radius 3 is 2.42 bits per heavy atom. The van der Waals surface area contributed by atoms with Crippen molar-refractivity contribution in [3.8, 4) is 11.1 Å². The lowest BCUT2D eigenvalue weighted by Gasteiger charge is -2.10. The van der Waals surface area contributed by atoms with E-state index in [4.69, 9.17) is 0 Å². The van der Waals surface area contributed by atoms with Crippen LogP contribution in [0, 0.1) is 13.8 Å². The molecular weight excluding hydrogens is 318 g/mol. The molecule has 1 heterocycles. The summed E-state index contributed by atoms with van der Waals surface area (Å²) in [5.41, 5.74) is 6.03. The van der Waals surface area contributed by atoms with E-state index in [1.807, 2.05) is 12.1 Å². The fourth-order valence-corrected chi connectivity index (χ4v) is 3.39. The first-order chi connectivity index (χ1) is 11.6. The molecule has 0 aliphatic rings. The van der Waals surface area contributed by atoms with Gasteiger partial charge in [-0.1, -0.05) is 54.2 Å². The number of nitrogens with zero attached hydrogens (tertiary/aromatic N) is 2. The van der Waals surface area contributed by atoms with Crippen LogP contribution < -0.4 is 0 Å². The molecule has 122 valence electrons. The average Bonchev–Trinajstić information content (AvgIpc) is 3.08. The number of benzene rings is 2. The van der Waals surface area contributed by atoms with Gasteiger partial charge in [-0.3, -0.25) is 9.89 Å². The fourth-order valence-electron chi connectivity index (χ4n) is 2.75. The van der Waals surface area contributed by atoms with E-state index < -0.39 is 0 Å². The highest BCUT2D eigenvalue weighted by Gasteiger charge is 2.08. The summed E-state index contributed by atoms with van der Waals surface area (Å²) in [4.78, 5) is 16.1. The van der Waals surface area contributed by atoms with Gasteiger partial charge < -0.3 is 0 Å². The molecule has 2 aromatic carbocycles. The SMILES string of the molecule is Cc1cccc(C)c1-c1ccc(CC(=O)CSc2ncn[nH]2)cc1. The number of aromatic nitrogens is 3. The van der Waals surface area contributed by atoms with E-state index >= 15 is 0 Å². The second-order valence-corrected chi connectivity index (χ2v) is 6.72. The van der Waals surface area contributed by atoms with E-state index in [1.165, 1.54) is 40.3 Å². The quantitative estimate of drug-likeness (QED) is 0.691. The molecule has 0 radical (unpaired) electrons. The molecule has 0 unspecified atom stereocenters. The van der Waals surface area contributed by atoms with Crippen molar-refractivity contribution in [2.24, 2.45) is 0 Å². The van der Waals surface area contributed by atoms with Crippen molar-refractivity contribution < 1.29 is 4.79 Å². The minimum absolute atomic E-state index is 0.177. The monoisotopic (exact) mass is 337 g/mol. The first-order valence-corrected chi connectivity index (χ1v) is 8.77. The van der Waals surface area contributed by atoms with E-state index in [0.29, 0.717) is 17.3 Å². The standard InChI is InChI=1S/C19H19N3OS/c1-13-4-3-5-14(2)18(13)16-8-6-15(7-9-16)10-17(23)11-24-19-20-12-21-22-19/h3-9,12H,10-11H2,1-2H3,(H,20,21,22). The summed E-state index contributed by atoms with van der Waals surface area (Å²) in [7, 11) is 0. The van der Waals surface area contributed by atoms with E-state index in [1.54, 1.807) is 0 Å². The zero-order chi connectivity index (χ0) is 16.9. The van der Waals surface area contributed by atoms with E-state index in [-0.39, 0.29) is 5.78 Å². The molecular formula is C19H19N3OS. The molecule has 0 bridgehead atoms. The highest BCUT2D eigenvalue weighted by molar-refractivity contribution is 7.99. The molecule has 5 heteroatoms. The maximum absolute atomic E-state index is 12.1. The Kier molecular flexibility index (Phi) is 5.11. The van der Waals surface area contributed by atoms with E-state index in [0.717, 1.165) is 5.56 Å². The van der Waals surface area contributed by atoms with Crippen LogP contribution in [0.3, 0.4) is 0 Å². The molecule has 0 fully saturated rings. The van der Waals surface area contributed by atoms with E-state index in [9.17, 15) is 4.79 Å². The fraction of sp³-hybridized carbons (Fsp3) is 0.211. The molecule has 3 aromatic rings. The first kappa shape index (κ1) is 16.5. The normalized spacial score (nSPS) is 10.8. The highest BCUT2D eigenvalue weighted by Crippen LogP contribution is 2.27. The molecule has 0 spiro atoms. The lowest BCUT2D eigenvalue weighted by atomic mass is 9.95. The Balaban J connectivity index is 1.65. The summed E-state index contributed by atoms with van der Waals surface area (Å²) in [6.07, 6.45) is 1.88. The van der Waals surface area contributed by atoms with Gasteiger partial charge in [-0.25, -0.2) is 4.98 Å². The van der Waals surface area contributed by atoms with Gasteiger partial charge in [0.1, 0.15) is 12.1 Å². The van der Waals surface area contributed by atoms with Crippen LogP contribution in [-0.4, -0.2) is 26.7 Å². The highest BCUT2D eigenvalue weighted by atomic mass is 32.2. The summed E-state index contributed by atoms with van der Waals surface area (Å²) in [5, 5.41) is 7.19. The number of H-pyrrole nitrogens is 1. The third-order valence-electron chi connectivity index (χ3n) is 3.89. The zero-order valence-corrected chi connectivity index (χ0v) is 14.6. The Morgan fingerprint density at radius 1 is 1.08 bits per heavy atom. The van der Waals surface area contributed by atoms with Crippen LogP contribution in [-0.2, 0) is 11.2 Å². The van der Waals surface area contributed by atoms with Gasteiger partial charge in [0.2, 0.25) is 0 Å². The number of aryl methyl sites for hydroxylation is 2. The van der Waals surface area contributed by atoms with Gasteiger partial charge in [0.15, 0.2) is 5.16 Å². The summed E-state index contributed by atoms with van der Waals surface area (Å²) in [6, 6.07) is 14.6. The number of aromatic amines is 1. The van der Waals surface area contributed by atoms with Gasteiger partial charge in [0.25, 0.3) is 0 Å². The van der Waals surface area contributed by atoms with Crippen molar-refractivity contribution in [1.29, 1.82) is 0 Å². The molecule has 0 atom stereocenters. The van der Waals surface area contributed by atoms with Gasteiger partial charge in [0, 0.05) is 6.42 Å². The second kappa shape index (κ2) is 7.45. The maximum Gasteiger partial charge on any atom is 0.183 e. The van der Waals surface area contributed by atoms with Crippen molar-refractivity contribution in [1.82, 2.24) is 15.2 Å². The van der Waals surface area contributed by atoms with Crippen molar-refractivity contribution in [3.05, 3.63) is 65.5 Å². The topological polar surface area (TPSA) is 58.6 Å². The molecule has 3 rings (SSSR count). The average molecular weight is 337 g/mol. The molecule has 0 aliphatic heterocycles. The second-order valence-electron chi connectivity index (χ2n) is 5.76. The number of carbonyl (C=O) groups is 1. The molecule has 1 N–H and O–H groups in total. The van der Waals surface area contributed by atoms with Crippen molar-refractivity contribution in [3.63, 3.8) is 0 Å². The number of ketones is 1. The number of hydrogen-bond donors (Lipinski definition) is 1. The minimum atomic E-state index is 0.177. The van der Waals surface area contributed by atoms with Crippen molar-refractivity contribution >= 4 is 17.5 Å². The number of nitrogens with one attached hydrogen (secondary N) is 1. The van der Waals surface area contributed by atoms with Crippen LogP contribution in [0.1, 0.15) is 16.7 Å². The molecule has 0 saturated heterocycles. The number of carbonyl (C=O) groups excluding carboxylic acids is 1. The summed E-state index contributed by atoms with van der Waals surface area (Å²) < 4.78 is 0. The van der Waals surface area contributed by atoms with Crippen LogP contribution in [0.15, 0.2) is 53.9 Å². The van der Waals surface area contributed by atoms with Crippen molar-refractivity contribution in [2.45, 2.75) is 25.4 Å². The van der Waals surface area contributed by atoms with Gasteiger partial charge in [-0.05, 0) is 41.7 Å². The molecule has 0 amide bonds. The summed E-state index contributed by atoms with van der Waals surface area (Å²) in [6.45, 7) is 4.25. The predicted molar refractivity (Wildman–Crippen MR) is 97.2 cm³/mol. The molecule has 4 nitrogen and oxygen atoms in total. The zero-order valence-electron chi connectivity index (χ0n) is 13.7. The summed E-state index contributed by atoms with van der Waals surface area (Å²) in [5.74, 6) is 0.574. The number of thioether (sulfide) groups is 1. The third kappa shape index (κ3) is 3.92. The molecule has 1 aromatic heterocycles. The van der Waals surface area contributed by atoms with Gasteiger partial charge in [-0.15, -0.1) is 0 Å².